The van der Waals surface area contributed by atoms with E-state index in [9.17, 15) is 14.7 Å². The highest BCUT2D eigenvalue weighted by Crippen LogP contribution is 2.16. The van der Waals surface area contributed by atoms with Crippen molar-refractivity contribution in [2.24, 2.45) is 0 Å². The molecule has 0 aliphatic rings. The van der Waals surface area contributed by atoms with Crippen LogP contribution in [0.2, 0.25) is 0 Å². The second kappa shape index (κ2) is 8.08. The first kappa shape index (κ1) is 17.4. The van der Waals surface area contributed by atoms with Gasteiger partial charge < -0.3 is 14.6 Å². The van der Waals surface area contributed by atoms with Crippen LogP contribution < -0.4 is 4.74 Å². The van der Waals surface area contributed by atoms with E-state index in [0.717, 1.165) is 0 Å². The van der Waals surface area contributed by atoms with Crippen LogP contribution in [-0.4, -0.2) is 29.8 Å². The largest absolute Gasteiger partial charge is 0.461 e. The molecule has 5 nitrogen and oxygen atoms in total. The fourth-order valence-corrected chi connectivity index (χ4v) is 1.90. The number of benzene rings is 2. The van der Waals surface area contributed by atoms with Crippen molar-refractivity contribution in [3.8, 4) is 5.75 Å². The van der Waals surface area contributed by atoms with Gasteiger partial charge in [-0.05, 0) is 31.2 Å². The highest BCUT2D eigenvalue weighted by molar-refractivity contribution is 6.08. The first-order valence-corrected chi connectivity index (χ1v) is 7.34. The van der Waals surface area contributed by atoms with Crippen LogP contribution in [0.3, 0.4) is 0 Å². The van der Waals surface area contributed by atoms with Crippen molar-refractivity contribution in [3.63, 3.8) is 0 Å². The number of hydrogen-bond acceptors (Lipinski definition) is 5. The Balaban J connectivity index is 1.93. The molecule has 124 valence electrons. The normalized spacial score (nSPS) is 11.4. The van der Waals surface area contributed by atoms with E-state index < -0.39 is 12.3 Å². The monoisotopic (exact) mass is 326 g/mol. The summed E-state index contributed by atoms with van der Waals surface area (Å²) in [7, 11) is 0. The van der Waals surface area contributed by atoms with Crippen LogP contribution in [0, 0.1) is 0 Å². The van der Waals surface area contributed by atoms with Gasteiger partial charge in [-0.15, -0.1) is 0 Å². The van der Waals surface area contributed by atoms with Gasteiger partial charge in [0, 0.05) is 16.7 Å². The summed E-state index contributed by atoms with van der Waals surface area (Å²) >= 11 is 0. The Morgan fingerprint density at radius 3 is 2.21 bits per heavy atom. The van der Waals surface area contributed by atoms with Gasteiger partial charge in [0.05, 0.1) is 0 Å². The minimum atomic E-state index is -1.30. The van der Waals surface area contributed by atoms with Gasteiger partial charge in [0.25, 0.3) is 0 Å². The van der Waals surface area contributed by atoms with E-state index in [1.54, 1.807) is 48.5 Å². The second-order valence-corrected chi connectivity index (χ2v) is 5.17. The van der Waals surface area contributed by atoms with Crippen LogP contribution >= 0.6 is 0 Å². The minimum absolute atomic E-state index is 0.0990. The number of carbonyl (C=O) groups excluding carboxylic acids is 2. The molecule has 24 heavy (non-hydrogen) atoms. The molecule has 0 heterocycles. The predicted molar refractivity (Wildman–Crippen MR) is 88.7 cm³/mol. The summed E-state index contributed by atoms with van der Waals surface area (Å²) in [5.41, 5.74) is 1.35. The van der Waals surface area contributed by atoms with E-state index in [0.29, 0.717) is 16.9 Å². The first-order valence-electron chi connectivity index (χ1n) is 7.34. The molecule has 0 aromatic heterocycles. The molecule has 0 radical (unpaired) electrons. The van der Waals surface area contributed by atoms with Gasteiger partial charge in [-0.3, -0.25) is 4.79 Å². The molecule has 0 amide bonds. The van der Waals surface area contributed by atoms with Gasteiger partial charge in [-0.2, -0.15) is 0 Å². The Morgan fingerprint density at radius 2 is 1.62 bits per heavy atom. The van der Waals surface area contributed by atoms with Crippen LogP contribution in [0.1, 0.15) is 22.8 Å². The zero-order chi connectivity index (χ0) is 17.5. The Labute approximate surface area is 140 Å². The lowest BCUT2D eigenvalue weighted by Crippen LogP contribution is -2.24. The molecule has 1 N–H and O–H groups in total. The molecular formula is C19H18O5. The molecule has 0 bridgehead atoms. The van der Waals surface area contributed by atoms with Crippen molar-refractivity contribution < 1.29 is 24.2 Å². The molecule has 0 spiro atoms. The molecule has 0 saturated heterocycles. The highest BCUT2D eigenvalue weighted by Gasteiger charge is 2.12. The van der Waals surface area contributed by atoms with Gasteiger partial charge in [-0.25, -0.2) is 4.79 Å². The predicted octanol–water partition coefficient (Wildman–Crippen LogP) is 2.73. The topological polar surface area (TPSA) is 72.8 Å². The SMILES string of the molecule is C=C(C)C(=O)OCC(O)Oc1ccc(C(=O)c2ccccc2)cc1. The summed E-state index contributed by atoms with van der Waals surface area (Å²) in [6, 6.07) is 15.3. The highest BCUT2D eigenvalue weighted by atomic mass is 16.6. The molecule has 0 fully saturated rings. The van der Waals surface area contributed by atoms with E-state index in [4.69, 9.17) is 9.47 Å². The third-order valence-electron chi connectivity index (χ3n) is 3.13. The molecule has 1 unspecified atom stereocenters. The summed E-state index contributed by atoms with van der Waals surface area (Å²) in [5, 5.41) is 9.69. The molecule has 2 aromatic rings. The Bertz CT molecular complexity index is 719. The number of carbonyl (C=O) groups is 2. The van der Waals surface area contributed by atoms with Crippen LogP contribution in [-0.2, 0) is 9.53 Å². The average molecular weight is 326 g/mol. The van der Waals surface area contributed by atoms with Crippen molar-refractivity contribution in [1.29, 1.82) is 0 Å². The van der Waals surface area contributed by atoms with Crippen LogP contribution in [0.15, 0.2) is 66.7 Å². The number of ether oxygens (including phenoxy) is 2. The third-order valence-corrected chi connectivity index (χ3v) is 3.13. The van der Waals surface area contributed by atoms with Gasteiger partial charge >= 0.3 is 5.97 Å². The molecule has 2 aromatic carbocycles. The standard InChI is InChI=1S/C19H18O5/c1-13(2)19(22)23-12-17(20)24-16-10-8-15(9-11-16)18(21)14-6-4-3-5-7-14/h3-11,17,20H,1,12H2,2H3. The summed E-state index contributed by atoms with van der Waals surface area (Å²) in [4.78, 5) is 23.5. The lowest BCUT2D eigenvalue weighted by atomic mass is 10.0. The third kappa shape index (κ3) is 4.79. The lowest BCUT2D eigenvalue weighted by Gasteiger charge is -2.14. The Morgan fingerprint density at radius 1 is 1.04 bits per heavy atom. The maximum atomic E-state index is 12.3. The van der Waals surface area contributed by atoms with Crippen molar-refractivity contribution in [2.75, 3.05) is 6.61 Å². The number of hydrogen-bond donors (Lipinski definition) is 1. The van der Waals surface area contributed by atoms with E-state index in [2.05, 4.69) is 6.58 Å². The van der Waals surface area contributed by atoms with E-state index in [-0.39, 0.29) is 18.0 Å². The minimum Gasteiger partial charge on any atom is -0.461 e. The maximum Gasteiger partial charge on any atom is 0.333 e. The van der Waals surface area contributed by atoms with E-state index in [1.165, 1.54) is 6.92 Å². The molecular weight excluding hydrogens is 308 g/mol. The number of ketones is 1. The smallest absolute Gasteiger partial charge is 0.333 e. The second-order valence-electron chi connectivity index (χ2n) is 5.17. The average Bonchev–Trinajstić information content (AvgIpc) is 2.60. The molecule has 0 aliphatic heterocycles. The zero-order valence-electron chi connectivity index (χ0n) is 13.3. The number of aliphatic hydroxyl groups excluding tert-OH is 1. The van der Waals surface area contributed by atoms with Crippen LogP contribution in [0.4, 0.5) is 0 Å². The van der Waals surface area contributed by atoms with Gasteiger partial charge in [-0.1, -0.05) is 36.9 Å². The molecule has 0 aliphatic carbocycles. The summed E-state index contributed by atoms with van der Waals surface area (Å²) in [6.07, 6.45) is -1.30. The number of aliphatic hydroxyl groups is 1. The molecule has 5 heteroatoms. The molecule has 2 rings (SSSR count). The number of esters is 1. The first-order chi connectivity index (χ1) is 11.5. The Kier molecular flexibility index (Phi) is 5.87. The summed E-state index contributed by atoms with van der Waals surface area (Å²) < 4.78 is 10.0. The summed E-state index contributed by atoms with van der Waals surface area (Å²) in [6.45, 7) is 4.64. The van der Waals surface area contributed by atoms with Gasteiger partial charge in [0.2, 0.25) is 6.29 Å². The molecule has 0 saturated carbocycles. The van der Waals surface area contributed by atoms with Crippen molar-refractivity contribution >= 4 is 11.8 Å². The van der Waals surface area contributed by atoms with Crippen molar-refractivity contribution in [3.05, 3.63) is 77.9 Å². The van der Waals surface area contributed by atoms with E-state index >= 15 is 0 Å². The van der Waals surface area contributed by atoms with E-state index in [1.807, 2.05) is 6.07 Å². The van der Waals surface area contributed by atoms with Crippen molar-refractivity contribution in [1.82, 2.24) is 0 Å². The van der Waals surface area contributed by atoms with Crippen LogP contribution in [0.5, 0.6) is 5.75 Å². The van der Waals surface area contributed by atoms with Crippen LogP contribution in [0.25, 0.3) is 0 Å². The Hall–Kier alpha value is -2.92. The number of rotatable bonds is 7. The quantitative estimate of drug-likeness (QED) is 0.366. The zero-order valence-corrected chi connectivity index (χ0v) is 13.3. The molecule has 1 atom stereocenters. The fraction of sp³-hybridized carbons (Fsp3) is 0.158. The van der Waals surface area contributed by atoms with Gasteiger partial charge in [0.15, 0.2) is 12.4 Å². The maximum absolute atomic E-state index is 12.3. The fourth-order valence-electron chi connectivity index (χ4n) is 1.90. The summed E-state index contributed by atoms with van der Waals surface area (Å²) in [5.74, 6) is -0.335. The lowest BCUT2D eigenvalue weighted by molar-refractivity contribution is -0.149. The van der Waals surface area contributed by atoms with Gasteiger partial charge in [0.1, 0.15) is 5.75 Å². The van der Waals surface area contributed by atoms with Crippen molar-refractivity contribution in [2.45, 2.75) is 13.2 Å².